The standard InChI is InChI=1S/C20H19N3O3/c1-26-20(25)18(11-17-12-21-13-22-17)23-19(24)16-9-7-15(8-10-16)14-5-3-2-4-6-14/h2-10,12-13,18H,11H2,1H3,(H,21,22)(H,23,24). The molecule has 1 heterocycles. The third kappa shape index (κ3) is 4.16. The molecule has 0 saturated heterocycles. The van der Waals surface area contributed by atoms with E-state index < -0.39 is 12.0 Å². The van der Waals surface area contributed by atoms with E-state index in [0.717, 1.165) is 16.8 Å². The van der Waals surface area contributed by atoms with E-state index in [0.29, 0.717) is 5.56 Å². The number of benzene rings is 2. The van der Waals surface area contributed by atoms with Gasteiger partial charge in [0.15, 0.2) is 0 Å². The molecule has 1 aromatic heterocycles. The maximum Gasteiger partial charge on any atom is 0.328 e. The number of H-pyrrole nitrogens is 1. The van der Waals surface area contributed by atoms with E-state index >= 15 is 0 Å². The lowest BCUT2D eigenvalue weighted by atomic mass is 10.0. The van der Waals surface area contributed by atoms with Crippen molar-refractivity contribution >= 4 is 11.9 Å². The van der Waals surface area contributed by atoms with Crippen LogP contribution in [0, 0.1) is 0 Å². The molecule has 1 atom stereocenters. The smallest absolute Gasteiger partial charge is 0.328 e. The number of nitrogens with one attached hydrogen (secondary N) is 2. The molecule has 26 heavy (non-hydrogen) atoms. The van der Waals surface area contributed by atoms with Gasteiger partial charge in [0.2, 0.25) is 0 Å². The summed E-state index contributed by atoms with van der Waals surface area (Å²) in [5.74, 6) is -0.839. The number of esters is 1. The Morgan fingerprint density at radius 3 is 2.38 bits per heavy atom. The van der Waals surface area contributed by atoms with E-state index in [4.69, 9.17) is 4.74 Å². The van der Waals surface area contributed by atoms with Crippen LogP contribution in [0.3, 0.4) is 0 Å². The average Bonchev–Trinajstić information content (AvgIpc) is 3.20. The highest BCUT2D eigenvalue weighted by Gasteiger charge is 2.23. The third-order valence-electron chi connectivity index (χ3n) is 4.02. The van der Waals surface area contributed by atoms with Crippen LogP contribution in [-0.4, -0.2) is 35.0 Å². The number of aromatic nitrogens is 2. The van der Waals surface area contributed by atoms with Gasteiger partial charge < -0.3 is 15.0 Å². The minimum absolute atomic E-state index is 0.278. The molecule has 0 radical (unpaired) electrons. The van der Waals surface area contributed by atoms with Gasteiger partial charge in [0, 0.05) is 23.9 Å². The van der Waals surface area contributed by atoms with E-state index in [9.17, 15) is 9.59 Å². The molecule has 3 rings (SSSR count). The Hall–Kier alpha value is -3.41. The maximum atomic E-state index is 12.5. The molecule has 6 heteroatoms. The number of hydrogen-bond donors (Lipinski definition) is 2. The van der Waals surface area contributed by atoms with Crippen molar-refractivity contribution in [3.8, 4) is 11.1 Å². The van der Waals surface area contributed by atoms with E-state index in [1.165, 1.54) is 13.4 Å². The molecular weight excluding hydrogens is 330 g/mol. The zero-order valence-electron chi connectivity index (χ0n) is 14.3. The summed E-state index contributed by atoms with van der Waals surface area (Å²) in [6.45, 7) is 0. The molecule has 0 aliphatic rings. The van der Waals surface area contributed by atoms with Gasteiger partial charge in [-0.05, 0) is 23.3 Å². The Morgan fingerprint density at radius 1 is 1.08 bits per heavy atom. The largest absolute Gasteiger partial charge is 0.467 e. The molecule has 0 aliphatic carbocycles. The minimum atomic E-state index is -0.790. The van der Waals surface area contributed by atoms with Gasteiger partial charge in [-0.25, -0.2) is 9.78 Å². The van der Waals surface area contributed by atoms with Gasteiger partial charge in [0.1, 0.15) is 6.04 Å². The number of ether oxygens (including phenoxy) is 1. The molecular formula is C20H19N3O3. The van der Waals surface area contributed by atoms with Crippen molar-refractivity contribution in [3.63, 3.8) is 0 Å². The zero-order chi connectivity index (χ0) is 18.4. The lowest BCUT2D eigenvalue weighted by Gasteiger charge is -2.16. The Kier molecular flexibility index (Phi) is 5.43. The van der Waals surface area contributed by atoms with Crippen LogP contribution in [0.15, 0.2) is 67.1 Å². The first kappa shape index (κ1) is 17.4. The Bertz CT molecular complexity index is 859. The van der Waals surface area contributed by atoms with Crippen LogP contribution in [0.4, 0.5) is 0 Å². The highest BCUT2D eigenvalue weighted by molar-refractivity contribution is 5.97. The van der Waals surface area contributed by atoms with E-state index in [-0.39, 0.29) is 12.3 Å². The van der Waals surface area contributed by atoms with E-state index in [1.807, 2.05) is 42.5 Å². The molecule has 1 unspecified atom stereocenters. The average molecular weight is 349 g/mol. The van der Waals surface area contributed by atoms with Crippen molar-refractivity contribution < 1.29 is 14.3 Å². The highest BCUT2D eigenvalue weighted by Crippen LogP contribution is 2.19. The number of imidazole rings is 1. The second-order valence-electron chi connectivity index (χ2n) is 5.77. The number of methoxy groups -OCH3 is 1. The van der Waals surface area contributed by atoms with Gasteiger partial charge in [-0.2, -0.15) is 0 Å². The molecule has 0 saturated carbocycles. The number of amides is 1. The predicted octanol–water partition coefficient (Wildman–Crippen LogP) is 2.59. The van der Waals surface area contributed by atoms with E-state index in [1.54, 1.807) is 18.3 Å². The van der Waals surface area contributed by atoms with Crippen molar-refractivity contribution in [2.45, 2.75) is 12.5 Å². The fourth-order valence-corrected chi connectivity index (χ4v) is 2.64. The first-order chi connectivity index (χ1) is 12.7. The molecule has 0 fully saturated rings. The van der Waals surface area contributed by atoms with Crippen LogP contribution in [-0.2, 0) is 16.0 Å². The lowest BCUT2D eigenvalue weighted by molar-refractivity contribution is -0.142. The van der Waals surface area contributed by atoms with Crippen LogP contribution in [0.1, 0.15) is 16.1 Å². The summed E-state index contributed by atoms with van der Waals surface area (Å²) in [5, 5.41) is 2.72. The summed E-state index contributed by atoms with van der Waals surface area (Å²) >= 11 is 0. The zero-order valence-corrected chi connectivity index (χ0v) is 14.3. The first-order valence-electron chi connectivity index (χ1n) is 8.19. The van der Waals surface area contributed by atoms with Gasteiger partial charge in [-0.15, -0.1) is 0 Å². The summed E-state index contributed by atoms with van der Waals surface area (Å²) < 4.78 is 4.79. The molecule has 0 aliphatic heterocycles. The summed E-state index contributed by atoms with van der Waals surface area (Å²) in [4.78, 5) is 31.3. The van der Waals surface area contributed by atoms with Crippen LogP contribution in [0.2, 0.25) is 0 Å². The summed E-state index contributed by atoms with van der Waals surface area (Å²) in [6, 6.07) is 16.3. The monoisotopic (exact) mass is 349 g/mol. The van der Waals surface area contributed by atoms with Gasteiger partial charge >= 0.3 is 5.97 Å². The fourth-order valence-electron chi connectivity index (χ4n) is 2.64. The molecule has 3 aromatic rings. The summed E-state index contributed by atoms with van der Waals surface area (Å²) in [7, 11) is 1.29. The molecule has 2 aromatic carbocycles. The van der Waals surface area contributed by atoms with Crippen molar-refractivity contribution in [2.24, 2.45) is 0 Å². The maximum absolute atomic E-state index is 12.5. The normalized spacial score (nSPS) is 11.6. The van der Waals surface area contributed by atoms with Crippen LogP contribution < -0.4 is 5.32 Å². The molecule has 132 valence electrons. The summed E-state index contributed by atoms with van der Waals surface area (Å²) in [5.41, 5.74) is 3.30. The van der Waals surface area contributed by atoms with E-state index in [2.05, 4.69) is 15.3 Å². The molecule has 1 amide bonds. The van der Waals surface area contributed by atoms with Gasteiger partial charge in [-0.3, -0.25) is 4.79 Å². The SMILES string of the molecule is COC(=O)C(Cc1cnc[nH]1)NC(=O)c1ccc(-c2ccccc2)cc1. The molecule has 2 N–H and O–H groups in total. The second-order valence-corrected chi connectivity index (χ2v) is 5.77. The van der Waals surface area contributed by atoms with Crippen molar-refractivity contribution in [3.05, 3.63) is 78.4 Å². The fraction of sp³-hybridized carbons (Fsp3) is 0.150. The van der Waals surface area contributed by atoms with Gasteiger partial charge in [-0.1, -0.05) is 42.5 Å². The van der Waals surface area contributed by atoms with Crippen molar-refractivity contribution in [1.29, 1.82) is 0 Å². The topological polar surface area (TPSA) is 84.1 Å². The Labute approximate surface area is 151 Å². The van der Waals surface area contributed by atoms with Crippen LogP contribution in [0.5, 0.6) is 0 Å². The van der Waals surface area contributed by atoms with Crippen LogP contribution in [0.25, 0.3) is 11.1 Å². The molecule has 0 bridgehead atoms. The van der Waals surface area contributed by atoms with Gasteiger partial charge in [0.25, 0.3) is 5.91 Å². The number of nitrogens with zero attached hydrogens (tertiary/aromatic N) is 1. The van der Waals surface area contributed by atoms with Crippen molar-refractivity contribution in [1.82, 2.24) is 15.3 Å². The quantitative estimate of drug-likeness (QED) is 0.670. The molecule has 6 nitrogen and oxygen atoms in total. The number of aromatic amines is 1. The van der Waals surface area contributed by atoms with Crippen LogP contribution >= 0.6 is 0 Å². The number of rotatable bonds is 6. The lowest BCUT2D eigenvalue weighted by Crippen LogP contribution is -2.43. The Morgan fingerprint density at radius 2 is 1.77 bits per heavy atom. The third-order valence-corrected chi connectivity index (χ3v) is 4.02. The minimum Gasteiger partial charge on any atom is -0.467 e. The molecule has 0 spiro atoms. The first-order valence-corrected chi connectivity index (χ1v) is 8.19. The number of carbonyl (C=O) groups excluding carboxylic acids is 2. The number of carbonyl (C=O) groups is 2. The van der Waals surface area contributed by atoms with Crippen molar-refractivity contribution in [2.75, 3.05) is 7.11 Å². The van der Waals surface area contributed by atoms with Gasteiger partial charge in [0.05, 0.1) is 13.4 Å². The summed E-state index contributed by atoms with van der Waals surface area (Å²) in [6.07, 6.45) is 3.41. The second kappa shape index (κ2) is 8.11. The highest BCUT2D eigenvalue weighted by atomic mass is 16.5. The number of hydrogen-bond acceptors (Lipinski definition) is 4. The Balaban J connectivity index is 1.71. The predicted molar refractivity (Wildman–Crippen MR) is 97.4 cm³/mol.